The molecule has 10 N–H and O–H groups in total. The molecule has 0 bridgehead atoms. The van der Waals surface area contributed by atoms with Gasteiger partial charge in [0, 0.05) is 61.6 Å². The van der Waals surface area contributed by atoms with E-state index >= 15 is 0 Å². The van der Waals surface area contributed by atoms with Crippen LogP contribution in [0.3, 0.4) is 0 Å². The number of primary amides is 1. The molecule has 0 fully saturated rings. The molecule has 0 saturated heterocycles. The maximum atomic E-state index is 13.9. The van der Waals surface area contributed by atoms with Crippen LogP contribution in [0.4, 0.5) is 16.2 Å². The number of benzene rings is 2. The quantitative estimate of drug-likeness (QED) is 0.136. The Labute approximate surface area is 244 Å². The Balaban J connectivity index is 1.51. The number of aliphatic hydroxyl groups is 3. The smallest absolute Gasteiger partial charge is 0.319 e. The summed E-state index contributed by atoms with van der Waals surface area (Å²) in [6, 6.07) is 4.55. The van der Waals surface area contributed by atoms with Crippen molar-refractivity contribution in [3.8, 4) is 17.2 Å². The molecule has 0 radical (unpaired) electrons. The van der Waals surface area contributed by atoms with Crippen molar-refractivity contribution >= 4 is 34.9 Å². The number of hydrogen-bond donors (Lipinski definition) is 9. The number of ketones is 2. The van der Waals surface area contributed by atoms with Gasteiger partial charge in [0.1, 0.15) is 22.8 Å². The maximum absolute atomic E-state index is 13.9. The Morgan fingerprint density at radius 2 is 1.74 bits per heavy atom. The Morgan fingerprint density at radius 1 is 1.05 bits per heavy atom. The van der Waals surface area contributed by atoms with E-state index in [2.05, 4.69) is 10.6 Å². The zero-order valence-corrected chi connectivity index (χ0v) is 23.1. The van der Waals surface area contributed by atoms with Crippen LogP contribution in [0, 0.1) is 11.8 Å². The van der Waals surface area contributed by atoms with Crippen LogP contribution in [0.5, 0.6) is 17.2 Å². The van der Waals surface area contributed by atoms with Gasteiger partial charge in [0.25, 0.3) is 5.91 Å². The molecule has 0 unspecified atom stereocenters. The van der Waals surface area contributed by atoms with Gasteiger partial charge in [-0.15, -0.1) is 0 Å². The predicted molar refractivity (Wildman–Crippen MR) is 151 cm³/mol. The Hall–Kier alpha value is -5.24. The third kappa shape index (κ3) is 4.55. The summed E-state index contributed by atoms with van der Waals surface area (Å²) in [5, 5.41) is 68.3. The molecule has 0 aliphatic heterocycles. The molecule has 3 atom stereocenters. The number of phenolic OH excluding ortho intramolecular Hbond substituents is 3. The number of urea groups is 1. The average molecular weight is 595 g/mol. The second-order valence-corrected chi connectivity index (χ2v) is 11.1. The maximum Gasteiger partial charge on any atom is 0.319 e. The molecule has 2 aromatic carbocycles. The minimum atomic E-state index is -2.67. The lowest BCUT2D eigenvalue weighted by Crippen LogP contribution is -2.57. The molecule has 14 heteroatoms. The number of nitrogens with zero attached hydrogens (tertiary/aromatic N) is 1. The summed E-state index contributed by atoms with van der Waals surface area (Å²) in [6.45, 7) is -0.256. The van der Waals surface area contributed by atoms with Gasteiger partial charge in [-0.3, -0.25) is 14.4 Å². The number of Topliss-reactive ketones (excluding diaryl/α,β-unsaturated/α-hetero) is 2. The van der Waals surface area contributed by atoms with Crippen LogP contribution in [0.15, 0.2) is 46.9 Å². The molecular formula is C29H30N4O10. The first-order chi connectivity index (χ1) is 20.2. The van der Waals surface area contributed by atoms with E-state index in [1.165, 1.54) is 12.1 Å². The van der Waals surface area contributed by atoms with E-state index < -0.39 is 69.5 Å². The number of phenols is 3. The second kappa shape index (κ2) is 10.2. The number of nitrogens with two attached hydrogens (primary N) is 1. The SMILES string of the molecule is CN(C)c1cc(CNC(=O)Nc2ccc(O)c(O)c2)c(O)c2c1C[C@H]1C[C@H]3CC(O)=C(C(N)=O)C(=O)[C@@]3(O)C(O)=C1C2=O. The lowest BCUT2D eigenvalue weighted by Gasteiger charge is -2.46. The standard InChI is InChI=1S/C29H30N4O10/c1-33(2)16-7-12(10-31-28(42)32-14-3-4-17(34)18(35)9-14)23(37)21-15(16)6-11-5-13-8-19(36)22(27(30)41)26(40)29(13,43)25(39)20(11)24(21)38/h3-4,7,9,11,13,34-37,39,43H,5-6,8,10H2,1-2H3,(H2,30,41)(H2,31,32,42)/t11-,13+,29+/m1/s1. The van der Waals surface area contributed by atoms with Crippen molar-refractivity contribution < 1.29 is 49.8 Å². The van der Waals surface area contributed by atoms with Crippen molar-refractivity contribution in [2.24, 2.45) is 17.6 Å². The highest BCUT2D eigenvalue weighted by Crippen LogP contribution is 2.52. The Bertz CT molecular complexity index is 1680. The Morgan fingerprint density at radius 3 is 2.37 bits per heavy atom. The fourth-order valence-electron chi connectivity index (χ4n) is 6.21. The van der Waals surface area contributed by atoms with Crippen molar-refractivity contribution in [3.05, 3.63) is 63.6 Å². The molecule has 3 aliphatic carbocycles. The van der Waals surface area contributed by atoms with Crippen molar-refractivity contribution in [1.82, 2.24) is 5.32 Å². The molecule has 5 rings (SSSR count). The van der Waals surface area contributed by atoms with Gasteiger partial charge in [-0.2, -0.15) is 0 Å². The third-order valence-electron chi connectivity index (χ3n) is 8.27. The summed E-state index contributed by atoms with van der Waals surface area (Å²) >= 11 is 0. The van der Waals surface area contributed by atoms with Gasteiger partial charge in [0.2, 0.25) is 5.78 Å². The van der Waals surface area contributed by atoms with Gasteiger partial charge in [-0.1, -0.05) is 0 Å². The van der Waals surface area contributed by atoms with E-state index in [9.17, 15) is 49.8 Å². The number of aliphatic hydroxyl groups excluding tert-OH is 2. The molecule has 0 aromatic heterocycles. The first kappa shape index (κ1) is 29.3. The molecule has 226 valence electrons. The van der Waals surface area contributed by atoms with Gasteiger partial charge >= 0.3 is 6.03 Å². The van der Waals surface area contributed by atoms with Crippen molar-refractivity contribution in [3.63, 3.8) is 0 Å². The predicted octanol–water partition coefficient (Wildman–Crippen LogP) is 1.38. The van der Waals surface area contributed by atoms with Crippen molar-refractivity contribution in [2.45, 2.75) is 31.4 Å². The van der Waals surface area contributed by atoms with Crippen LogP contribution in [0.25, 0.3) is 0 Å². The average Bonchev–Trinajstić information content (AvgIpc) is 2.92. The summed E-state index contributed by atoms with van der Waals surface area (Å²) in [4.78, 5) is 53.2. The van der Waals surface area contributed by atoms with E-state index in [0.29, 0.717) is 11.3 Å². The lowest BCUT2D eigenvalue weighted by atomic mass is 9.60. The number of hydrogen-bond acceptors (Lipinski definition) is 11. The zero-order chi connectivity index (χ0) is 31.5. The van der Waals surface area contributed by atoms with E-state index in [1.54, 1.807) is 25.1 Å². The van der Waals surface area contributed by atoms with Gasteiger partial charge in [0.05, 0.1) is 5.56 Å². The van der Waals surface area contributed by atoms with Gasteiger partial charge in [-0.25, -0.2) is 4.79 Å². The first-order valence-electron chi connectivity index (χ1n) is 13.3. The fourth-order valence-corrected chi connectivity index (χ4v) is 6.21. The molecule has 14 nitrogen and oxygen atoms in total. The zero-order valence-electron chi connectivity index (χ0n) is 23.1. The molecule has 3 aliphatic rings. The topological polar surface area (TPSA) is 243 Å². The van der Waals surface area contributed by atoms with E-state index in [0.717, 1.165) is 6.07 Å². The number of allylic oxidation sites excluding steroid dienone is 2. The summed E-state index contributed by atoms with van der Waals surface area (Å²) in [5.41, 5.74) is 2.56. The van der Waals surface area contributed by atoms with Crippen LogP contribution < -0.4 is 21.3 Å². The van der Waals surface area contributed by atoms with Gasteiger partial charge < -0.3 is 51.9 Å². The number of rotatable bonds is 5. The molecule has 0 saturated carbocycles. The molecule has 3 amide bonds. The summed E-state index contributed by atoms with van der Waals surface area (Å²) < 4.78 is 0. The number of fused-ring (bicyclic) bond motifs is 3. The summed E-state index contributed by atoms with van der Waals surface area (Å²) in [5.74, 6) is -8.00. The van der Waals surface area contributed by atoms with Crippen LogP contribution in [-0.2, 0) is 22.6 Å². The molecular weight excluding hydrogens is 564 g/mol. The second-order valence-electron chi connectivity index (χ2n) is 11.1. The number of carbonyl (C=O) groups is 4. The minimum Gasteiger partial charge on any atom is -0.511 e. The summed E-state index contributed by atoms with van der Waals surface area (Å²) in [6.07, 6.45) is -0.182. The molecule has 2 aromatic rings. The minimum absolute atomic E-state index is 0.00678. The number of nitrogens with one attached hydrogen (secondary N) is 2. The number of amides is 3. The van der Waals surface area contributed by atoms with E-state index in [4.69, 9.17) is 5.73 Å². The van der Waals surface area contributed by atoms with Gasteiger partial charge in [-0.05, 0) is 42.5 Å². The lowest BCUT2D eigenvalue weighted by molar-refractivity contribution is -0.144. The molecule has 0 spiro atoms. The van der Waals surface area contributed by atoms with Crippen molar-refractivity contribution in [1.29, 1.82) is 0 Å². The highest BCUT2D eigenvalue weighted by Gasteiger charge is 2.59. The van der Waals surface area contributed by atoms with Crippen LogP contribution in [0.1, 0.15) is 34.3 Å². The fraction of sp³-hybridized carbons (Fsp3) is 0.310. The van der Waals surface area contributed by atoms with E-state index in [-0.39, 0.29) is 53.9 Å². The molecule has 43 heavy (non-hydrogen) atoms. The van der Waals surface area contributed by atoms with Crippen LogP contribution in [-0.4, -0.2) is 73.8 Å². The largest absolute Gasteiger partial charge is 0.511 e. The van der Waals surface area contributed by atoms with Crippen molar-refractivity contribution in [2.75, 3.05) is 24.3 Å². The highest BCUT2D eigenvalue weighted by molar-refractivity contribution is 6.24. The van der Waals surface area contributed by atoms with Gasteiger partial charge in [0.15, 0.2) is 22.9 Å². The number of anilines is 2. The summed E-state index contributed by atoms with van der Waals surface area (Å²) in [7, 11) is 3.43. The monoisotopic (exact) mass is 594 g/mol. The van der Waals surface area contributed by atoms with Crippen LogP contribution in [0.2, 0.25) is 0 Å². The Kier molecular flexibility index (Phi) is 6.97. The van der Waals surface area contributed by atoms with E-state index in [1.807, 2.05) is 0 Å². The first-order valence-corrected chi connectivity index (χ1v) is 13.3. The highest BCUT2D eigenvalue weighted by atomic mass is 16.3. The number of carbonyl (C=O) groups excluding carboxylic acids is 4. The number of aromatic hydroxyl groups is 3. The normalized spacial score (nSPS) is 22.9. The molecule has 0 heterocycles. The third-order valence-corrected chi connectivity index (χ3v) is 8.27. The van der Waals surface area contributed by atoms with Crippen LogP contribution >= 0.6 is 0 Å².